The molecule has 0 saturated carbocycles. The Morgan fingerprint density at radius 3 is 2.40 bits per heavy atom. The van der Waals surface area contributed by atoms with E-state index in [4.69, 9.17) is 11.6 Å². The van der Waals surface area contributed by atoms with Crippen LogP contribution < -0.4 is 9.62 Å². The zero-order valence-corrected chi connectivity index (χ0v) is 21.3. The summed E-state index contributed by atoms with van der Waals surface area (Å²) in [5, 5.41) is 1.51. The second-order valence-electron chi connectivity index (χ2n) is 8.33. The molecule has 3 aromatic carbocycles. The number of benzene rings is 3. The van der Waals surface area contributed by atoms with Gasteiger partial charge in [-0.3, -0.25) is 9.52 Å². The van der Waals surface area contributed by atoms with Crippen molar-refractivity contribution in [2.75, 3.05) is 35.8 Å². The van der Waals surface area contributed by atoms with E-state index >= 15 is 0 Å². The van der Waals surface area contributed by atoms with Gasteiger partial charge in [0.15, 0.2) is 5.13 Å². The lowest BCUT2D eigenvalue weighted by Gasteiger charge is -2.34. The van der Waals surface area contributed by atoms with Gasteiger partial charge in [0.2, 0.25) is 0 Å². The Kier molecular flexibility index (Phi) is 6.39. The summed E-state index contributed by atoms with van der Waals surface area (Å²) >= 11 is 7.85. The summed E-state index contributed by atoms with van der Waals surface area (Å²) in [6, 6.07) is 19.0. The number of para-hydroxylation sites is 2. The average molecular weight is 527 g/mol. The average Bonchev–Trinajstić information content (AvgIpc) is 3.30. The number of piperazine rings is 1. The highest BCUT2D eigenvalue weighted by Crippen LogP contribution is 2.33. The number of carbonyl (C=O) groups is 1. The van der Waals surface area contributed by atoms with Gasteiger partial charge in [-0.25, -0.2) is 13.4 Å². The summed E-state index contributed by atoms with van der Waals surface area (Å²) in [5.41, 5.74) is 2.35. The lowest BCUT2D eigenvalue weighted by Crippen LogP contribution is -2.48. The number of aryl methyl sites for hydroxylation is 1. The van der Waals surface area contributed by atoms with Crippen LogP contribution in [0.2, 0.25) is 5.02 Å². The molecule has 4 aromatic rings. The van der Waals surface area contributed by atoms with Crippen molar-refractivity contribution in [2.45, 2.75) is 11.8 Å². The van der Waals surface area contributed by atoms with Crippen molar-refractivity contribution in [1.29, 1.82) is 0 Å². The first kappa shape index (κ1) is 23.6. The molecule has 2 heterocycles. The normalized spacial score (nSPS) is 14.3. The van der Waals surface area contributed by atoms with Crippen LogP contribution in [0.5, 0.6) is 0 Å². The third-order valence-electron chi connectivity index (χ3n) is 5.93. The van der Waals surface area contributed by atoms with Gasteiger partial charge in [0, 0.05) is 26.2 Å². The number of carbonyl (C=O) groups excluding carboxylic acids is 1. The maximum absolute atomic E-state index is 13.4. The summed E-state index contributed by atoms with van der Waals surface area (Å²) in [5.74, 6) is -0.209. The molecule has 1 aliphatic heterocycles. The second-order valence-corrected chi connectivity index (χ2v) is 11.4. The van der Waals surface area contributed by atoms with Crippen LogP contribution in [0.1, 0.15) is 15.9 Å². The molecule has 180 valence electrons. The van der Waals surface area contributed by atoms with Crippen molar-refractivity contribution in [3.05, 3.63) is 82.9 Å². The van der Waals surface area contributed by atoms with E-state index in [0.717, 1.165) is 20.9 Å². The first-order valence-electron chi connectivity index (χ1n) is 11.1. The van der Waals surface area contributed by atoms with Crippen LogP contribution in [0.4, 0.5) is 10.8 Å². The predicted octanol–water partition coefficient (Wildman–Crippen LogP) is 5.02. The highest BCUT2D eigenvalue weighted by atomic mass is 35.5. The molecule has 0 aliphatic carbocycles. The van der Waals surface area contributed by atoms with Crippen molar-refractivity contribution < 1.29 is 13.2 Å². The molecule has 0 unspecified atom stereocenters. The largest absolute Gasteiger partial charge is 0.345 e. The van der Waals surface area contributed by atoms with Gasteiger partial charge in [0.25, 0.3) is 15.9 Å². The van der Waals surface area contributed by atoms with Crippen LogP contribution in [0.3, 0.4) is 0 Å². The topological polar surface area (TPSA) is 82.6 Å². The standard InChI is InChI=1S/C25H23ClN4O3S2/c1-17-9-11-18(12-10-17)35(32,33)28-21-7-3-2-5-19(21)24(31)29-13-15-30(16-14-29)25-27-23-20(26)6-4-8-22(23)34-25/h2-12,28H,13-16H2,1H3. The van der Waals surface area contributed by atoms with E-state index in [1.54, 1.807) is 64.8 Å². The highest BCUT2D eigenvalue weighted by molar-refractivity contribution is 7.92. The number of sulfonamides is 1. The minimum absolute atomic E-state index is 0.148. The van der Waals surface area contributed by atoms with E-state index in [0.29, 0.717) is 36.8 Å². The number of anilines is 2. The fourth-order valence-corrected chi connectivity index (χ4v) is 6.39. The molecule has 1 N–H and O–H groups in total. The maximum atomic E-state index is 13.4. The minimum atomic E-state index is -3.82. The number of fused-ring (bicyclic) bond motifs is 1. The number of halogens is 1. The second kappa shape index (κ2) is 9.49. The number of amides is 1. The van der Waals surface area contributed by atoms with Crippen molar-refractivity contribution >= 4 is 59.9 Å². The Bertz CT molecular complexity index is 1490. The van der Waals surface area contributed by atoms with Gasteiger partial charge >= 0.3 is 0 Å². The number of nitrogens with one attached hydrogen (secondary N) is 1. The number of hydrogen-bond donors (Lipinski definition) is 1. The van der Waals surface area contributed by atoms with Gasteiger partial charge in [-0.1, -0.05) is 58.8 Å². The molecule has 7 nitrogen and oxygen atoms in total. The van der Waals surface area contributed by atoms with Gasteiger partial charge in [0.1, 0.15) is 5.52 Å². The third kappa shape index (κ3) is 4.84. The first-order chi connectivity index (χ1) is 16.8. The molecule has 10 heteroatoms. The third-order valence-corrected chi connectivity index (χ3v) is 8.70. The van der Waals surface area contributed by atoms with Crippen LogP contribution in [-0.4, -0.2) is 50.4 Å². The number of nitrogens with zero attached hydrogens (tertiary/aromatic N) is 3. The zero-order chi connectivity index (χ0) is 24.6. The van der Waals surface area contributed by atoms with Gasteiger partial charge < -0.3 is 9.80 Å². The van der Waals surface area contributed by atoms with Crippen LogP contribution >= 0.6 is 22.9 Å². The zero-order valence-electron chi connectivity index (χ0n) is 18.9. The quantitative estimate of drug-likeness (QED) is 0.395. The lowest BCUT2D eigenvalue weighted by atomic mass is 10.1. The van der Waals surface area contributed by atoms with E-state index in [1.165, 1.54) is 0 Å². The molecule has 35 heavy (non-hydrogen) atoms. The number of aromatic nitrogens is 1. The van der Waals surface area contributed by atoms with Gasteiger partial charge in [-0.15, -0.1) is 0 Å². The summed E-state index contributed by atoms with van der Waals surface area (Å²) in [4.78, 5) is 22.1. The van der Waals surface area contributed by atoms with Gasteiger partial charge in [-0.05, 0) is 43.3 Å². The summed E-state index contributed by atoms with van der Waals surface area (Å²) < 4.78 is 29.4. The van der Waals surface area contributed by atoms with E-state index in [-0.39, 0.29) is 16.5 Å². The van der Waals surface area contributed by atoms with Crippen molar-refractivity contribution in [3.8, 4) is 0 Å². The van der Waals surface area contributed by atoms with Crippen LogP contribution in [0.15, 0.2) is 71.6 Å². The predicted molar refractivity (Wildman–Crippen MR) is 141 cm³/mol. The lowest BCUT2D eigenvalue weighted by molar-refractivity contribution is 0.0748. The number of rotatable bonds is 5. The van der Waals surface area contributed by atoms with E-state index in [9.17, 15) is 13.2 Å². The molecule has 1 fully saturated rings. The van der Waals surface area contributed by atoms with Crippen molar-refractivity contribution in [1.82, 2.24) is 9.88 Å². The van der Waals surface area contributed by atoms with Crippen LogP contribution in [-0.2, 0) is 10.0 Å². The Labute approximate surface area is 213 Å². The summed E-state index contributed by atoms with van der Waals surface area (Å²) in [6.07, 6.45) is 0. The minimum Gasteiger partial charge on any atom is -0.345 e. The highest BCUT2D eigenvalue weighted by Gasteiger charge is 2.26. The molecule has 5 rings (SSSR count). The molecular formula is C25H23ClN4O3S2. The summed E-state index contributed by atoms with van der Waals surface area (Å²) in [6.45, 7) is 4.15. The molecule has 1 aromatic heterocycles. The number of thiazole rings is 1. The molecule has 0 bridgehead atoms. The monoisotopic (exact) mass is 526 g/mol. The van der Waals surface area contributed by atoms with Crippen molar-refractivity contribution in [3.63, 3.8) is 0 Å². The molecular weight excluding hydrogens is 504 g/mol. The fourth-order valence-electron chi connectivity index (χ4n) is 3.99. The molecule has 0 spiro atoms. The fraction of sp³-hybridized carbons (Fsp3) is 0.200. The van der Waals surface area contributed by atoms with Gasteiger partial charge in [-0.2, -0.15) is 0 Å². The smallest absolute Gasteiger partial charge is 0.261 e. The molecule has 1 saturated heterocycles. The van der Waals surface area contributed by atoms with E-state index in [1.807, 2.05) is 25.1 Å². The van der Waals surface area contributed by atoms with Gasteiger partial charge in [0.05, 0.1) is 25.9 Å². The van der Waals surface area contributed by atoms with E-state index < -0.39 is 10.0 Å². The Morgan fingerprint density at radius 1 is 0.971 bits per heavy atom. The summed E-state index contributed by atoms with van der Waals surface area (Å²) in [7, 11) is -3.82. The van der Waals surface area contributed by atoms with Crippen LogP contribution in [0, 0.1) is 6.92 Å². The molecule has 1 aliphatic rings. The Morgan fingerprint density at radius 2 is 1.69 bits per heavy atom. The first-order valence-corrected chi connectivity index (χ1v) is 13.8. The SMILES string of the molecule is Cc1ccc(S(=O)(=O)Nc2ccccc2C(=O)N2CCN(c3nc4c(Cl)cccc4s3)CC2)cc1. The van der Waals surface area contributed by atoms with Crippen LogP contribution in [0.25, 0.3) is 10.2 Å². The molecule has 0 radical (unpaired) electrons. The molecule has 1 amide bonds. The Hall–Kier alpha value is -3.14. The molecule has 0 atom stereocenters. The number of hydrogen-bond acceptors (Lipinski definition) is 6. The van der Waals surface area contributed by atoms with Crippen molar-refractivity contribution in [2.24, 2.45) is 0 Å². The Balaban J connectivity index is 1.31. The maximum Gasteiger partial charge on any atom is 0.261 e. The van der Waals surface area contributed by atoms with E-state index in [2.05, 4.69) is 14.6 Å².